The van der Waals surface area contributed by atoms with Gasteiger partial charge in [0, 0.05) is 23.9 Å². The molecule has 0 spiro atoms. The summed E-state index contributed by atoms with van der Waals surface area (Å²) < 4.78 is 16.2. The summed E-state index contributed by atoms with van der Waals surface area (Å²) in [6, 6.07) is 18.7. The van der Waals surface area contributed by atoms with Crippen molar-refractivity contribution in [3.8, 4) is 23.0 Å². The SMILES string of the molecule is CCCCCOc1ccc(C(=O)Oc2ccc(C=Nc3cccc(OC)c3)c(O)c2)cc1. The van der Waals surface area contributed by atoms with Gasteiger partial charge in [-0.15, -0.1) is 0 Å². The molecule has 0 aliphatic carbocycles. The van der Waals surface area contributed by atoms with E-state index < -0.39 is 5.97 Å². The molecule has 0 atom stereocenters. The molecule has 1 N–H and O–H groups in total. The number of hydrogen-bond acceptors (Lipinski definition) is 6. The maximum absolute atomic E-state index is 12.4. The number of phenolic OH excluding ortho intramolecular Hbond substituents is 1. The van der Waals surface area contributed by atoms with Gasteiger partial charge in [-0.2, -0.15) is 0 Å². The lowest BCUT2D eigenvalue weighted by Crippen LogP contribution is -2.08. The minimum atomic E-state index is -0.514. The lowest BCUT2D eigenvalue weighted by molar-refractivity contribution is 0.0734. The second kappa shape index (κ2) is 11.6. The molecule has 6 nitrogen and oxygen atoms in total. The highest BCUT2D eigenvalue weighted by Crippen LogP contribution is 2.25. The number of aromatic hydroxyl groups is 1. The molecule has 3 rings (SSSR count). The van der Waals surface area contributed by atoms with Crippen LogP contribution in [0.1, 0.15) is 42.1 Å². The van der Waals surface area contributed by atoms with Crippen LogP contribution in [0.15, 0.2) is 71.7 Å². The highest BCUT2D eigenvalue weighted by atomic mass is 16.5. The number of methoxy groups -OCH3 is 1. The number of hydrogen-bond donors (Lipinski definition) is 1. The lowest BCUT2D eigenvalue weighted by atomic mass is 10.2. The number of nitrogens with zero attached hydrogens (tertiary/aromatic N) is 1. The monoisotopic (exact) mass is 433 g/mol. The molecule has 6 heteroatoms. The van der Waals surface area contributed by atoms with E-state index in [1.54, 1.807) is 49.6 Å². The van der Waals surface area contributed by atoms with Crippen LogP contribution in [0.25, 0.3) is 0 Å². The molecule has 0 bridgehead atoms. The lowest BCUT2D eigenvalue weighted by Gasteiger charge is -2.08. The summed E-state index contributed by atoms with van der Waals surface area (Å²) in [7, 11) is 1.59. The summed E-state index contributed by atoms with van der Waals surface area (Å²) in [5, 5.41) is 10.3. The fourth-order valence-corrected chi connectivity index (χ4v) is 2.93. The minimum absolute atomic E-state index is 0.0437. The summed E-state index contributed by atoms with van der Waals surface area (Å²) in [5.41, 5.74) is 1.59. The van der Waals surface area contributed by atoms with Crippen molar-refractivity contribution in [1.29, 1.82) is 0 Å². The number of carbonyl (C=O) groups excluding carboxylic acids is 1. The van der Waals surface area contributed by atoms with Crippen LogP contribution in [-0.4, -0.2) is 31.0 Å². The molecular formula is C26H27NO5. The van der Waals surface area contributed by atoms with E-state index in [4.69, 9.17) is 14.2 Å². The van der Waals surface area contributed by atoms with Gasteiger partial charge in [-0.1, -0.05) is 25.8 Å². The number of phenols is 1. The standard InChI is InChI=1S/C26H27NO5/c1-3-4-5-15-31-22-12-9-19(10-13-22)26(29)32-24-14-11-20(25(28)17-24)18-27-21-7-6-8-23(16-21)30-2/h6-14,16-18,28H,3-5,15H2,1-2H3. The van der Waals surface area contributed by atoms with Gasteiger partial charge >= 0.3 is 5.97 Å². The van der Waals surface area contributed by atoms with Crippen LogP contribution in [-0.2, 0) is 0 Å². The van der Waals surface area contributed by atoms with E-state index in [-0.39, 0.29) is 11.5 Å². The largest absolute Gasteiger partial charge is 0.507 e. The summed E-state index contributed by atoms with van der Waals surface area (Å²) in [6.07, 6.45) is 4.81. The van der Waals surface area contributed by atoms with E-state index in [1.807, 2.05) is 18.2 Å². The Bertz CT molecular complexity index is 1060. The topological polar surface area (TPSA) is 77.4 Å². The highest BCUT2D eigenvalue weighted by molar-refractivity contribution is 5.91. The molecule has 0 fully saturated rings. The first kappa shape index (κ1) is 22.9. The van der Waals surface area contributed by atoms with Crippen molar-refractivity contribution in [2.75, 3.05) is 13.7 Å². The van der Waals surface area contributed by atoms with Gasteiger partial charge in [0.25, 0.3) is 0 Å². The number of unbranched alkanes of at least 4 members (excludes halogenated alkanes) is 2. The molecule has 0 unspecified atom stereocenters. The molecule has 0 aliphatic rings. The first-order valence-electron chi connectivity index (χ1n) is 10.5. The summed E-state index contributed by atoms with van der Waals surface area (Å²) in [5.74, 6) is 1.10. The Labute approximate surface area is 188 Å². The molecule has 0 saturated carbocycles. The average Bonchev–Trinajstić information content (AvgIpc) is 2.82. The Morgan fingerprint density at radius 3 is 2.47 bits per heavy atom. The predicted octanol–water partition coefficient (Wildman–Crippen LogP) is 5.94. The van der Waals surface area contributed by atoms with E-state index in [2.05, 4.69) is 11.9 Å². The van der Waals surface area contributed by atoms with Crippen molar-refractivity contribution in [1.82, 2.24) is 0 Å². The van der Waals surface area contributed by atoms with Gasteiger partial charge < -0.3 is 19.3 Å². The second-order valence-corrected chi connectivity index (χ2v) is 7.15. The number of ether oxygens (including phenoxy) is 3. The average molecular weight is 434 g/mol. The molecule has 0 heterocycles. The van der Waals surface area contributed by atoms with Gasteiger partial charge in [-0.25, -0.2) is 4.79 Å². The third-order valence-corrected chi connectivity index (χ3v) is 4.73. The number of benzene rings is 3. The molecule has 0 saturated heterocycles. The van der Waals surface area contributed by atoms with E-state index >= 15 is 0 Å². The number of carbonyl (C=O) groups is 1. The van der Waals surface area contributed by atoms with Crippen LogP contribution in [0.2, 0.25) is 0 Å². The minimum Gasteiger partial charge on any atom is -0.507 e. The Morgan fingerprint density at radius 2 is 1.75 bits per heavy atom. The Kier molecular flexibility index (Phi) is 8.26. The zero-order valence-electron chi connectivity index (χ0n) is 18.3. The van der Waals surface area contributed by atoms with Crippen LogP contribution in [0.4, 0.5) is 5.69 Å². The van der Waals surface area contributed by atoms with Gasteiger partial charge in [-0.3, -0.25) is 4.99 Å². The van der Waals surface area contributed by atoms with Gasteiger partial charge in [-0.05, 0) is 55.0 Å². The van der Waals surface area contributed by atoms with Crippen LogP contribution in [0.5, 0.6) is 23.0 Å². The molecular weight excluding hydrogens is 406 g/mol. The first-order valence-corrected chi connectivity index (χ1v) is 10.5. The third kappa shape index (κ3) is 6.60. The molecule has 166 valence electrons. The highest BCUT2D eigenvalue weighted by Gasteiger charge is 2.10. The summed E-state index contributed by atoms with van der Waals surface area (Å²) >= 11 is 0. The van der Waals surface area contributed by atoms with Crippen molar-refractivity contribution >= 4 is 17.9 Å². The van der Waals surface area contributed by atoms with Crippen molar-refractivity contribution in [2.45, 2.75) is 26.2 Å². The molecule has 3 aromatic carbocycles. The van der Waals surface area contributed by atoms with E-state index in [0.29, 0.717) is 29.2 Å². The molecule has 32 heavy (non-hydrogen) atoms. The smallest absolute Gasteiger partial charge is 0.343 e. The number of esters is 1. The zero-order valence-corrected chi connectivity index (χ0v) is 18.3. The molecule has 0 aliphatic heterocycles. The normalized spacial score (nSPS) is 10.8. The summed E-state index contributed by atoms with van der Waals surface area (Å²) in [6.45, 7) is 2.80. The fourth-order valence-electron chi connectivity index (χ4n) is 2.93. The molecule has 0 aromatic heterocycles. The molecule has 0 radical (unpaired) electrons. The van der Waals surface area contributed by atoms with E-state index in [1.165, 1.54) is 12.3 Å². The van der Waals surface area contributed by atoms with Gasteiger partial charge in [0.1, 0.15) is 23.0 Å². The van der Waals surface area contributed by atoms with Gasteiger partial charge in [0.15, 0.2) is 0 Å². The Morgan fingerprint density at radius 1 is 0.969 bits per heavy atom. The molecule has 0 amide bonds. The Hall–Kier alpha value is -3.80. The first-order chi connectivity index (χ1) is 15.6. The number of aliphatic imine (C=N–C) groups is 1. The van der Waals surface area contributed by atoms with E-state index in [0.717, 1.165) is 25.0 Å². The van der Waals surface area contributed by atoms with Crippen molar-refractivity contribution in [3.05, 3.63) is 77.9 Å². The van der Waals surface area contributed by atoms with E-state index in [9.17, 15) is 9.90 Å². The third-order valence-electron chi connectivity index (χ3n) is 4.73. The van der Waals surface area contributed by atoms with Gasteiger partial charge in [0.2, 0.25) is 0 Å². The van der Waals surface area contributed by atoms with Crippen LogP contribution in [0.3, 0.4) is 0 Å². The van der Waals surface area contributed by atoms with Crippen molar-refractivity contribution in [3.63, 3.8) is 0 Å². The predicted molar refractivity (Wildman–Crippen MR) is 125 cm³/mol. The van der Waals surface area contributed by atoms with Crippen molar-refractivity contribution < 1.29 is 24.1 Å². The summed E-state index contributed by atoms with van der Waals surface area (Å²) in [4.78, 5) is 16.7. The second-order valence-electron chi connectivity index (χ2n) is 7.15. The van der Waals surface area contributed by atoms with Crippen LogP contribution < -0.4 is 14.2 Å². The maximum atomic E-state index is 12.4. The Balaban J connectivity index is 1.59. The van der Waals surface area contributed by atoms with Crippen LogP contribution >= 0.6 is 0 Å². The van der Waals surface area contributed by atoms with Gasteiger partial charge in [0.05, 0.1) is 25.0 Å². The number of rotatable bonds is 10. The maximum Gasteiger partial charge on any atom is 0.343 e. The van der Waals surface area contributed by atoms with Crippen molar-refractivity contribution in [2.24, 2.45) is 4.99 Å². The van der Waals surface area contributed by atoms with Crippen LogP contribution in [0, 0.1) is 0 Å². The fraction of sp³-hybridized carbons (Fsp3) is 0.231. The zero-order chi connectivity index (χ0) is 22.8. The quantitative estimate of drug-likeness (QED) is 0.185. The molecule has 3 aromatic rings.